The number of carboxylic acid groups (broad SMARTS) is 1. The Bertz CT molecular complexity index is 978. The number of carboxylic acids is 1. The van der Waals surface area contributed by atoms with E-state index in [-0.39, 0.29) is 12.5 Å². The number of rotatable bonds is 8. The standard InChI is InChI=1S/C25H24O4/c26-25(27)15-10-18-8-12-21(13-9-18)28-17-19-4-3-6-22(16-19)29-24-14-11-20-5-1-2-7-23(20)24/h1-9,12-13,16,24H,10-11,14-15,17H2,(H,26,27). The second kappa shape index (κ2) is 8.82. The van der Waals surface area contributed by atoms with Gasteiger partial charge in [0.05, 0.1) is 0 Å². The van der Waals surface area contributed by atoms with Crippen molar-refractivity contribution >= 4 is 5.97 Å². The average molecular weight is 388 g/mol. The molecule has 3 aromatic rings. The second-order valence-corrected chi connectivity index (χ2v) is 7.32. The lowest BCUT2D eigenvalue weighted by molar-refractivity contribution is -0.136. The number of fused-ring (bicyclic) bond motifs is 1. The molecule has 1 aliphatic rings. The van der Waals surface area contributed by atoms with E-state index in [2.05, 4.69) is 24.3 Å². The molecule has 4 rings (SSSR count). The van der Waals surface area contributed by atoms with Crippen molar-refractivity contribution in [3.63, 3.8) is 0 Å². The first kappa shape index (κ1) is 19.1. The Morgan fingerprint density at radius 2 is 1.76 bits per heavy atom. The number of aliphatic carboxylic acids is 1. The van der Waals surface area contributed by atoms with Gasteiger partial charge < -0.3 is 14.6 Å². The Labute approximate surface area is 170 Å². The maximum absolute atomic E-state index is 10.7. The zero-order valence-corrected chi connectivity index (χ0v) is 16.2. The summed E-state index contributed by atoms with van der Waals surface area (Å²) in [7, 11) is 0. The predicted octanol–water partition coefficient (Wildman–Crippen LogP) is 5.35. The molecule has 1 N–H and O–H groups in total. The van der Waals surface area contributed by atoms with Gasteiger partial charge in [-0.05, 0) is 65.8 Å². The van der Waals surface area contributed by atoms with Crippen molar-refractivity contribution in [2.24, 2.45) is 0 Å². The van der Waals surface area contributed by atoms with E-state index in [1.54, 1.807) is 0 Å². The van der Waals surface area contributed by atoms with Crippen LogP contribution >= 0.6 is 0 Å². The highest BCUT2D eigenvalue weighted by Gasteiger charge is 2.23. The van der Waals surface area contributed by atoms with Gasteiger partial charge in [-0.25, -0.2) is 0 Å². The molecule has 0 bridgehead atoms. The quantitative estimate of drug-likeness (QED) is 0.565. The van der Waals surface area contributed by atoms with Gasteiger partial charge in [0, 0.05) is 6.42 Å². The van der Waals surface area contributed by atoms with E-state index in [9.17, 15) is 4.79 Å². The fourth-order valence-electron chi connectivity index (χ4n) is 3.68. The van der Waals surface area contributed by atoms with Crippen molar-refractivity contribution in [3.05, 3.63) is 95.1 Å². The monoisotopic (exact) mass is 388 g/mol. The molecule has 3 aromatic carbocycles. The first-order valence-electron chi connectivity index (χ1n) is 9.94. The SMILES string of the molecule is O=C(O)CCc1ccc(OCc2cccc(OC3CCc4ccccc43)c2)cc1. The summed E-state index contributed by atoms with van der Waals surface area (Å²) in [5, 5.41) is 8.77. The number of carbonyl (C=O) groups is 1. The smallest absolute Gasteiger partial charge is 0.303 e. The minimum atomic E-state index is -0.784. The van der Waals surface area contributed by atoms with Gasteiger partial charge in [0.25, 0.3) is 0 Å². The van der Waals surface area contributed by atoms with Gasteiger partial charge in [0.15, 0.2) is 0 Å². The minimum Gasteiger partial charge on any atom is -0.489 e. The molecule has 1 aliphatic carbocycles. The highest BCUT2D eigenvalue weighted by Crippen LogP contribution is 2.35. The van der Waals surface area contributed by atoms with Crippen molar-refractivity contribution in [1.29, 1.82) is 0 Å². The van der Waals surface area contributed by atoms with E-state index in [4.69, 9.17) is 14.6 Å². The summed E-state index contributed by atoms with van der Waals surface area (Å²) in [4.78, 5) is 10.7. The Balaban J connectivity index is 1.34. The van der Waals surface area contributed by atoms with E-state index in [1.807, 2.05) is 48.5 Å². The molecule has 0 radical (unpaired) electrons. The molecule has 0 fully saturated rings. The maximum atomic E-state index is 10.7. The Morgan fingerprint density at radius 1 is 0.931 bits per heavy atom. The molecule has 148 valence electrons. The highest BCUT2D eigenvalue weighted by molar-refractivity contribution is 5.67. The lowest BCUT2D eigenvalue weighted by Crippen LogP contribution is -2.04. The lowest BCUT2D eigenvalue weighted by atomic mass is 10.1. The molecule has 0 saturated heterocycles. The Morgan fingerprint density at radius 3 is 2.59 bits per heavy atom. The third kappa shape index (κ3) is 4.96. The average Bonchev–Trinajstić information content (AvgIpc) is 3.15. The topological polar surface area (TPSA) is 55.8 Å². The summed E-state index contributed by atoms with van der Waals surface area (Å²) in [6.07, 6.45) is 2.85. The summed E-state index contributed by atoms with van der Waals surface area (Å²) in [5.74, 6) is 0.838. The number of hydrogen-bond donors (Lipinski definition) is 1. The van der Waals surface area contributed by atoms with E-state index in [0.717, 1.165) is 35.5 Å². The molecule has 0 heterocycles. The number of hydrogen-bond acceptors (Lipinski definition) is 3. The van der Waals surface area contributed by atoms with Crippen LogP contribution in [0.25, 0.3) is 0 Å². The van der Waals surface area contributed by atoms with Crippen LogP contribution in [0.3, 0.4) is 0 Å². The van der Waals surface area contributed by atoms with Crippen LogP contribution in [-0.4, -0.2) is 11.1 Å². The first-order chi connectivity index (χ1) is 14.2. The van der Waals surface area contributed by atoms with Crippen LogP contribution in [0.4, 0.5) is 0 Å². The molecular weight excluding hydrogens is 364 g/mol. The molecule has 0 spiro atoms. The largest absolute Gasteiger partial charge is 0.489 e. The second-order valence-electron chi connectivity index (χ2n) is 7.32. The zero-order chi connectivity index (χ0) is 20.1. The number of benzene rings is 3. The normalized spacial score (nSPS) is 15.0. The van der Waals surface area contributed by atoms with Crippen molar-refractivity contribution in [2.75, 3.05) is 0 Å². The molecular formula is C25H24O4. The fourth-order valence-corrected chi connectivity index (χ4v) is 3.68. The van der Waals surface area contributed by atoms with Gasteiger partial charge >= 0.3 is 5.97 Å². The van der Waals surface area contributed by atoms with Crippen molar-refractivity contribution in [1.82, 2.24) is 0 Å². The molecule has 0 aromatic heterocycles. The third-order valence-electron chi connectivity index (χ3n) is 5.21. The maximum Gasteiger partial charge on any atom is 0.303 e. The van der Waals surface area contributed by atoms with E-state index < -0.39 is 5.97 Å². The van der Waals surface area contributed by atoms with Gasteiger partial charge in [-0.2, -0.15) is 0 Å². The van der Waals surface area contributed by atoms with Crippen molar-refractivity contribution < 1.29 is 19.4 Å². The summed E-state index contributed by atoms with van der Waals surface area (Å²) < 4.78 is 12.1. The van der Waals surface area contributed by atoms with Crippen LogP contribution in [0.15, 0.2) is 72.8 Å². The van der Waals surface area contributed by atoms with Crippen molar-refractivity contribution in [3.8, 4) is 11.5 Å². The van der Waals surface area contributed by atoms with Gasteiger partial charge in [-0.3, -0.25) is 4.79 Å². The van der Waals surface area contributed by atoms with Crippen LogP contribution in [0.1, 0.15) is 41.2 Å². The van der Waals surface area contributed by atoms with Gasteiger partial charge in [-0.1, -0.05) is 48.5 Å². The Kier molecular flexibility index (Phi) is 5.80. The molecule has 0 aliphatic heterocycles. The van der Waals surface area contributed by atoms with Crippen LogP contribution in [0, 0.1) is 0 Å². The summed E-state index contributed by atoms with van der Waals surface area (Å²) >= 11 is 0. The summed E-state index contributed by atoms with van der Waals surface area (Å²) in [5.41, 5.74) is 4.71. The van der Waals surface area contributed by atoms with E-state index in [1.165, 1.54) is 11.1 Å². The highest BCUT2D eigenvalue weighted by atomic mass is 16.5. The third-order valence-corrected chi connectivity index (χ3v) is 5.21. The zero-order valence-electron chi connectivity index (χ0n) is 16.2. The fraction of sp³-hybridized carbons (Fsp3) is 0.240. The van der Waals surface area contributed by atoms with Crippen molar-refractivity contribution in [2.45, 2.75) is 38.4 Å². The molecule has 0 saturated carbocycles. The molecule has 1 atom stereocenters. The summed E-state index contributed by atoms with van der Waals surface area (Å²) in [6, 6.07) is 24.1. The number of aryl methyl sites for hydroxylation is 2. The minimum absolute atomic E-state index is 0.112. The molecule has 29 heavy (non-hydrogen) atoms. The van der Waals surface area contributed by atoms with Gasteiger partial charge in [-0.15, -0.1) is 0 Å². The van der Waals surface area contributed by atoms with E-state index >= 15 is 0 Å². The molecule has 4 nitrogen and oxygen atoms in total. The summed E-state index contributed by atoms with van der Waals surface area (Å²) in [6.45, 7) is 0.451. The lowest BCUT2D eigenvalue weighted by Gasteiger charge is -2.16. The number of ether oxygens (including phenoxy) is 2. The van der Waals surface area contributed by atoms with Gasteiger partial charge in [0.1, 0.15) is 24.2 Å². The predicted molar refractivity (Wildman–Crippen MR) is 111 cm³/mol. The molecule has 0 amide bonds. The molecule has 1 unspecified atom stereocenters. The Hall–Kier alpha value is -3.27. The van der Waals surface area contributed by atoms with Crippen LogP contribution in [-0.2, 0) is 24.2 Å². The van der Waals surface area contributed by atoms with Crippen LogP contribution < -0.4 is 9.47 Å². The molecule has 4 heteroatoms. The van der Waals surface area contributed by atoms with Crippen LogP contribution in [0.2, 0.25) is 0 Å². The van der Waals surface area contributed by atoms with E-state index in [0.29, 0.717) is 13.0 Å². The first-order valence-corrected chi connectivity index (χ1v) is 9.94. The van der Waals surface area contributed by atoms with Gasteiger partial charge in [0.2, 0.25) is 0 Å². The van der Waals surface area contributed by atoms with Crippen LogP contribution in [0.5, 0.6) is 11.5 Å².